The van der Waals surface area contributed by atoms with E-state index in [4.69, 9.17) is 0 Å². The Morgan fingerprint density at radius 1 is 1.26 bits per heavy atom. The van der Waals surface area contributed by atoms with E-state index in [1.807, 2.05) is 24.3 Å². The third kappa shape index (κ3) is 3.71. The number of benzene rings is 1. The number of aromatic amines is 1. The van der Waals surface area contributed by atoms with Crippen molar-refractivity contribution in [2.75, 3.05) is 12.0 Å². The number of thioether (sulfide) groups is 1. The molecule has 1 aromatic carbocycles. The van der Waals surface area contributed by atoms with Crippen molar-refractivity contribution in [1.29, 1.82) is 0 Å². The summed E-state index contributed by atoms with van der Waals surface area (Å²) in [5.74, 6) is 1.53. The van der Waals surface area contributed by atoms with Crippen LogP contribution in [0.1, 0.15) is 28.8 Å². The van der Waals surface area contributed by atoms with E-state index in [0.717, 1.165) is 29.0 Å². The molecule has 0 aliphatic rings. The molecule has 0 fully saturated rings. The van der Waals surface area contributed by atoms with Gasteiger partial charge in [-0.3, -0.25) is 9.78 Å². The number of nitrogens with zero attached hydrogens (tertiary/aromatic N) is 2. The Hall–Kier alpha value is -2.34. The van der Waals surface area contributed by atoms with Crippen LogP contribution in [0.25, 0.3) is 11.0 Å². The number of carbonyl (C=O) groups is 1. The summed E-state index contributed by atoms with van der Waals surface area (Å²) < 4.78 is 0. The summed E-state index contributed by atoms with van der Waals surface area (Å²) >= 11 is 1.75. The maximum Gasteiger partial charge on any atom is 0.270 e. The quantitative estimate of drug-likeness (QED) is 0.730. The van der Waals surface area contributed by atoms with E-state index in [9.17, 15) is 4.79 Å². The van der Waals surface area contributed by atoms with Crippen molar-refractivity contribution >= 4 is 28.7 Å². The molecule has 0 bridgehead atoms. The van der Waals surface area contributed by atoms with Gasteiger partial charge in [0.15, 0.2) is 0 Å². The summed E-state index contributed by atoms with van der Waals surface area (Å²) in [5.41, 5.74) is 2.30. The number of aromatic nitrogens is 3. The van der Waals surface area contributed by atoms with Crippen LogP contribution < -0.4 is 5.32 Å². The Morgan fingerprint density at radius 3 is 2.83 bits per heavy atom. The molecule has 3 rings (SSSR count). The van der Waals surface area contributed by atoms with E-state index in [1.165, 1.54) is 0 Å². The van der Waals surface area contributed by atoms with Gasteiger partial charge in [0.25, 0.3) is 5.91 Å². The van der Waals surface area contributed by atoms with Crippen molar-refractivity contribution in [2.24, 2.45) is 0 Å². The van der Waals surface area contributed by atoms with Gasteiger partial charge in [-0.1, -0.05) is 18.2 Å². The molecule has 0 spiro atoms. The Morgan fingerprint density at radius 2 is 2.09 bits per heavy atom. The minimum Gasteiger partial charge on any atom is -0.341 e. The molecule has 2 heterocycles. The first kappa shape index (κ1) is 15.6. The SMILES string of the molecule is CSCC[C@H](NC(=O)c1ccccn1)c1nc2ccccc2[nH]1. The van der Waals surface area contributed by atoms with Crippen molar-refractivity contribution in [3.63, 3.8) is 0 Å². The average Bonchev–Trinajstić information content (AvgIpc) is 3.03. The number of pyridine rings is 1. The number of para-hydroxylation sites is 2. The van der Waals surface area contributed by atoms with Gasteiger partial charge in [-0.25, -0.2) is 4.98 Å². The predicted octanol–water partition coefficient (Wildman–Crippen LogP) is 3.18. The van der Waals surface area contributed by atoms with Crippen LogP contribution >= 0.6 is 11.8 Å². The summed E-state index contributed by atoms with van der Waals surface area (Å²) in [5, 5.41) is 3.04. The molecule has 0 radical (unpaired) electrons. The van der Waals surface area contributed by atoms with Crippen LogP contribution in [0.15, 0.2) is 48.7 Å². The largest absolute Gasteiger partial charge is 0.341 e. The fraction of sp³-hybridized carbons (Fsp3) is 0.235. The van der Waals surface area contributed by atoms with Crippen LogP contribution in [0.4, 0.5) is 0 Å². The van der Waals surface area contributed by atoms with E-state index < -0.39 is 0 Å². The molecule has 0 saturated carbocycles. The maximum atomic E-state index is 12.4. The fourth-order valence-electron chi connectivity index (χ4n) is 2.38. The molecule has 118 valence electrons. The van der Waals surface area contributed by atoms with Crippen molar-refractivity contribution < 1.29 is 4.79 Å². The van der Waals surface area contributed by atoms with Crippen molar-refractivity contribution in [1.82, 2.24) is 20.3 Å². The first-order valence-corrected chi connectivity index (χ1v) is 8.83. The number of H-pyrrole nitrogens is 1. The number of carbonyl (C=O) groups excluding carboxylic acids is 1. The highest BCUT2D eigenvalue weighted by molar-refractivity contribution is 7.98. The van der Waals surface area contributed by atoms with E-state index in [1.54, 1.807) is 36.2 Å². The normalized spacial score (nSPS) is 12.2. The van der Waals surface area contributed by atoms with Gasteiger partial charge < -0.3 is 10.3 Å². The van der Waals surface area contributed by atoms with E-state index in [0.29, 0.717) is 5.69 Å². The lowest BCUT2D eigenvalue weighted by Gasteiger charge is -2.16. The fourth-order valence-corrected chi connectivity index (χ4v) is 2.85. The molecule has 0 aliphatic carbocycles. The molecule has 2 N–H and O–H groups in total. The van der Waals surface area contributed by atoms with Crippen LogP contribution in [-0.4, -0.2) is 32.9 Å². The van der Waals surface area contributed by atoms with Crippen LogP contribution in [0.5, 0.6) is 0 Å². The number of nitrogens with one attached hydrogen (secondary N) is 2. The van der Waals surface area contributed by atoms with Crippen LogP contribution in [0.3, 0.4) is 0 Å². The number of amides is 1. The first-order chi connectivity index (χ1) is 11.3. The van der Waals surface area contributed by atoms with Gasteiger partial charge in [0, 0.05) is 6.20 Å². The zero-order valence-corrected chi connectivity index (χ0v) is 13.6. The molecule has 0 saturated heterocycles. The molecule has 23 heavy (non-hydrogen) atoms. The second kappa shape index (κ2) is 7.28. The summed E-state index contributed by atoms with van der Waals surface area (Å²) in [6.45, 7) is 0. The third-order valence-corrected chi connectivity index (χ3v) is 4.20. The Balaban J connectivity index is 1.83. The Bertz CT molecular complexity index is 754. The highest BCUT2D eigenvalue weighted by Crippen LogP contribution is 2.20. The van der Waals surface area contributed by atoms with Gasteiger partial charge in [-0.15, -0.1) is 0 Å². The minimum atomic E-state index is -0.183. The second-order valence-corrected chi connectivity index (χ2v) is 6.15. The number of hydrogen-bond acceptors (Lipinski definition) is 4. The lowest BCUT2D eigenvalue weighted by molar-refractivity contribution is 0.0929. The molecule has 2 aromatic heterocycles. The van der Waals surface area contributed by atoms with Crippen LogP contribution in [0.2, 0.25) is 0 Å². The zero-order valence-electron chi connectivity index (χ0n) is 12.8. The Labute approximate surface area is 138 Å². The van der Waals surface area contributed by atoms with Crippen molar-refractivity contribution in [3.05, 3.63) is 60.2 Å². The number of fused-ring (bicyclic) bond motifs is 1. The summed E-state index contributed by atoms with van der Waals surface area (Å²) in [4.78, 5) is 24.4. The van der Waals surface area contributed by atoms with Crippen LogP contribution in [-0.2, 0) is 0 Å². The zero-order chi connectivity index (χ0) is 16.1. The highest BCUT2D eigenvalue weighted by atomic mass is 32.2. The van der Waals surface area contributed by atoms with Crippen molar-refractivity contribution in [2.45, 2.75) is 12.5 Å². The number of hydrogen-bond donors (Lipinski definition) is 2. The van der Waals surface area contributed by atoms with E-state index in [-0.39, 0.29) is 11.9 Å². The van der Waals surface area contributed by atoms with Gasteiger partial charge in [-0.05, 0) is 42.7 Å². The number of imidazole rings is 1. The molecule has 6 heteroatoms. The van der Waals surface area contributed by atoms with Crippen LogP contribution in [0, 0.1) is 0 Å². The maximum absolute atomic E-state index is 12.4. The van der Waals surface area contributed by atoms with Gasteiger partial charge >= 0.3 is 0 Å². The smallest absolute Gasteiger partial charge is 0.270 e. The van der Waals surface area contributed by atoms with Gasteiger partial charge in [0.1, 0.15) is 11.5 Å². The molecular weight excluding hydrogens is 308 g/mol. The average molecular weight is 326 g/mol. The summed E-state index contributed by atoms with van der Waals surface area (Å²) in [7, 11) is 0. The first-order valence-electron chi connectivity index (χ1n) is 7.43. The molecule has 1 amide bonds. The standard InChI is InChI=1S/C17H18N4OS/c1-23-11-9-14(21-17(22)15-8-4-5-10-18-15)16-19-12-6-2-3-7-13(12)20-16/h2-8,10,14H,9,11H2,1H3,(H,19,20)(H,21,22)/t14-/m0/s1. The van der Waals surface area contributed by atoms with Crippen molar-refractivity contribution in [3.8, 4) is 0 Å². The molecule has 1 atom stereocenters. The Kier molecular flexibility index (Phi) is 4.92. The molecule has 0 aliphatic heterocycles. The molecule has 3 aromatic rings. The second-order valence-electron chi connectivity index (χ2n) is 5.16. The molecular formula is C17H18N4OS. The summed E-state index contributed by atoms with van der Waals surface area (Å²) in [6, 6.07) is 13.0. The van der Waals surface area contributed by atoms with E-state index in [2.05, 4.69) is 26.5 Å². The van der Waals surface area contributed by atoms with E-state index >= 15 is 0 Å². The molecule has 0 unspecified atom stereocenters. The lowest BCUT2D eigenvalue weighted by atomic mass is 10.2. The monoisotopic (exact) mass is 326 g/mol. The predicted molar refractivity (Wildman–Crippen MR) is 93.5 cm³/mol. The minimum absolute atomic E-state index is 0.163. The summed E-state index contributed by atoms with van der Waals surface area (Å²) in [6.07, 6.45) is 4.48. The topological polar surface area (TPSA) is 70.7 Å². The third-order valence-electron chi connectivity index (χ3n) is 3.55. The highest BCUT2D eigenvalue weighted by Gasteiger charge is 2.19. The lowest BCUT2D eigenvalue weighted by Crippen LogP contribution is -2.30. The number of rotatable bonds is 6. The van der Waals surface area contributed by atoms with Gasteiger partial charge in [0.05, 0.1) is 17.1 Å². The van der Waals surface area contributed by atoms with Gasteiger partial charge in [-0.2, -0.15) is 11.8 Å². The van der Waals surface area contributed by atoms with Gasteiger partial charge in [0.2, 0.25) is 0 Å². The molecule has 5 nitrogen and oxygen atoms in total.